The van der Waals surface area contributed by atoms with Gasteiger partial charge in [0.25, 0.3) is 0 Å². The summed E-state index contributed by atoms with van der Waals surface area (Å²) in [5.41, 5.74) is -2.35. The maximum atomic E-state index is 11.4. The molecule has 4 unspecified atom stereocenters. The van der Waals surface area contributed by atoms with E-state index in [2.05, 4.69) is 0 Å². The predicted octanol–water partition coefficient (Wildman–Crippen LogP) is 2.23. The molecule has 1 aliphatic carbocycles. The van der Waals surface area contributed by atoms with Crippen molar-refractivity contribution in [1.82, 2.24) is 0 Å². The first-order valence-electron chi connectivity index (χ1n) is 5.62. The molecule has 0 aliphatic heterocycles. The van der Waals surface area contributed by atoms with Gasteiger partial charge in [0.1, 0.15) is 0 Å². The van der Waals surface area contributed by atoms with E-state index < -0.39 is 22.8 Å². The molecule has 0 aromatic carbocycles. The molecule has 0 heterocycles. The third-order valence-electron chi connectivity index (χ3n) is 4.59. The molecule has 0 saturated heterocycles. The van der Waals surface area contributed by atoms with E-state index >= 15 is 0 Å². The third-order valence-corrected chi connectivity index (χ3v) is 4.59. The summed E-state index contributed by atoms with van der Waals surface area (Å²) in [5.74, 6) is -1.52. The molecule has 4 nitrogen and oxygen atoms in total. The lowest BCUT2D eigenvalue weighted by atomic mass is 9.53. The SMILES string of the molecule is CC1CC(C)(C(=O)O)C(C)(C(=O)O)CC1C. The van der Waals surface area contributed by atoms with E-state index in [4.69, 9.17) is 0 Å². The lowest BCUT2D eigenvalue weighted by molar-refractivity contribution is -0.180. The highest BCUT2D eigenvalue weighted by atomic mass is 16.4. The lowest BCUT2D eigenvalue weighted by Gasteiger charge is -2.48. The van der Waals surface area contributed by atoms with Crippen LogP contribution < -0.4 is 0 Å². The van der Waals surface area contributed by atoms with Gasteiger partial charge in [-0.1, -0.05) is 13.8 Å². The second kappa shape index (κ2) is 3.75. The Morgan fingerprint density at radius 1 is 0.938 bits per heavy atom. The molecule has 0 amide bonds. The van der Waals surface area contributed by atoms with Crippen molar-refractivity contribution in [2.75, 3.05) is 0 Å². The summed E-state index contributed by atoms with van der Waals surface area (Å²) in [7, 11) is 0. The molecule has 1 fully saturated rings. The Kier molecular flexibility index (Phi) is 3.05. The Morgan fingerprint density at radius 3 is 1.38 bits per heavy atom. The van der Waals surface area contributed by atoms with E-state index in [1.54, 1.807) is 13.8 Å². The molecule has 92 valence electrons. The Labute approximate surface area is 95.7 Å². The first kappa shape index (κ1) is 13.0. The Morgan fingerprint density at radius 2 is 1.19 bits per heavy atom. The predicted molar refractivity (Wildman–Crippen MR) is 59.0 cm³/mol. The minimum Gasteiger partial charge on any atom is -0.481 e. The highest BCUT2D eigenvalue weighted by molar-refractivity contribution is 5.86. The first-order chi connectivity index (χ1) is 7.15. The van der Waals surface area contributed by atoms with Gasteiger partial charge in [-0.25, -0.2) is 0 Å². The van der Waals surface area contributed by atoms with Gasteiger partial charge in [-0.05, 0) is 38.5 Å². The van der Waals surface area contributed by atoms with Crippen molar-refractivity contribution in [3.05, 3.63) is 0 Å². The molecular weight excluding hydrogens is 208 g/mol. The number of carboxylic acids is 2. The molecule has 4 atom stereocenters. The smallest absolute Gasteiger partial charge is 0.310 e. The first-order valence-corrected chi connectivity index (χ1v) is 5.62. The molecule has 0 spiro atoms. The average molecular weight is 228 g/mol. The van der Waals surface area contributed by atoms with Gasteiger partial charge in [0.15, 0.2) is 0 Å². The van der Waals surface area contributed by atoms with Gasteiger partial charge in [0, 0.05) is 0 Å². The van der Waals surface area contributed by atoms with Crippen LogP contribution >= 0.6 is 0 Å². The molecule has 1 saturated carbocycles. The number of carboxylic acid groups (broad SMARTS) is 2. The number of aliphatic carboxylic acids is 2. The normalized spacial score (nSPS) is 44.0. The van der Waals surface area contributed by atoms with Crippen LogP contribution in [-0.4, -0.2) is 22.2 Å². The number of hydrogen-bond acceptors (Lipinski definition) is 2. The maximum Gasteiger partial charge on any atom is 0.310 e. The van der Waals surface area contributed by atoms with Gasteiger partial charge < -0.3 is 10.2 Å². The minimum absolute atomic E-state index is 0.244. The van der Waals surface area contributed by atoms with Crippen LogP contribution in [0.2, 0.25) is 0 Å². The summed E-state index contributed by atoms with van der Waals surface area (Å²) in [5, 5.41) is 18.6. The Hall–Kier alpha value is -1.06. The van der Waals surface area contributed by atoms with E-state index in [0.29, 0.717) is 12.8 Å². The molecule has 4 heteroatoms. The van der Waals surface area contributed by atoms with E-state index in [9.17, 15) is 19.8 Å². The van der Waals surface area contributed by atoms with Crippen molar-refractivity contribution in [2.24, 2.45) is 22.7 Å². The van der Waals surface area contributed by atoms with Gasteiger partial charge in [0.05, 0.1) is 10.8 Å². The quantitative estimate of drug-likeness (QED) is 0.760. The molecule has 2 N–H and O–H groups in total. The summed E-state index contributed by atoms with van der Waals surface area (Å²) in [4.78, 5) is 22.8. The molecule has 1 aliphatic rings. The third kappa shape index (κ3) is 1.60. The standard InChI is InChI=1S/C12H20O4/c1-7-5-11(3,9(13)14)12(4,10(15)16)6-8(7)2/h7-8H,5-6H2,1-4H3,(H,13,14)(H,15,16). The van der Waals surface area contributed by atoms with Crippen molar-refractivity contribution < 1.29 is 19.8 Å². The van der Waals surface area contributed by atoms with Crippen molar-refractivity contribution >= 4 is 11.9 Å². The zero-order chi connectivity index (χ0) is 12.7. The van der Waals surface area contributed by atoms with Crippen molar-refractivity contribution in [1.29, 1.82) is 0 Å². The van der Waals surface area contributed by atoms with E-state index in [0.717, 1.165) is 0 Å². The molecule has 16 heavy (non-hydrogen) atoms. The van der Waals surface area contributed by atoms with E-state index in [1.807, 2.05) is 13.8 Å². The molecule has 0 aromatic rings. The lowest BCUT2D eigenvalue weighted by Crippen LogP contribution is -2.54. The largest absolute Gasteiger partial charge is 0.481 e. The van der Waals surface area contributed by atoms with Crippen LogP contribution in [-0.2, 0) is 9.59 Å². The minimum atomic E-state index is -1.18. The van der Waals surface area contributed by atoms with Gasteiger partial charge in [-0.3, -0.25) is 9.59 Å². The van der Waals surface area contributed by atoms with Crippen LogP contribution in [0.1, 0.15) is 40.5 Å². The van der Waals surface area contributed by atoms with Gasteiger partial charge in [-0.15, -0.1) is 0 Å². The van der Waals surface area contributed by atoms with Crippen LogP contribution in [0.5, 0.6) is 0 Å². The second-order valence-corrected chi connectivity index (χ2v) is 5.64. The molecule has 1 rings (SSSR count). The maximum absolute atomic E-state index is 11.4. The number of rotatable bonds is 2. The fraction of sp³-hybridized carbons (Fsp3) is 0.833. The van der Waals surface area contributed by atoms with Crippen LogP contribution in [0.15, 0.2) is 0 Å². The van der Waals surface area contributed by atoms with Crippen molar-refractivity contribution in [3.63, 3.8) is 0 Å². The summed E-state index contributed by atoms with van der Waals surface area (Å²) in [6.45, 7) is 7.11. The molecular formula is C12H20O4. The molecule has 0 aromatic heterocycles. The Balaban J connectivity index is 3.22. The van der Waals surface area contributed by atoms with Crippen LogP contribution in [0.25, 0.3) is 0 Å². The van der Waals surface area contributed by atoms with Crippen molar-refractivity contribution in [3.8, 4) is 0 Å². The highest BCUT2D eigenvalue weighted by Gasteiger charge is 2.59. The Bertz CT molecular complexity index is 293. The number of hydrogen-bond donors (Lipinski definition) is 2. The summed E-state index contributed by atoms with van der Waals surface area (Å²) in [6, 6.07) is 0. The average Bonchev–Trinajstić information content (AvgIpc) is 2.14. The zero-order valence-corrected chi connectivity index (χ0v) is 10.3. The fourth-order valence-corrected chi connectivity index (χ4v) is 2.79. The number of carbonyl (C=O) groups is 2. The van der Waals surface area contributed by atoms with E-state index in [1.165, 1.54) is 0 Å². The van der Waals surface area contributed by atoms with Crippen molar-refractivity contribution in [2.45, 2.75) is 40.5 Å². The van der Waals surface area contributed by atoms with E-state index in [-0.39, 0.29) is 11.8 Å². The van der Waals surface area contributed by atoms with Gasteiger partial charge in [-0.2, -0.15) is 0 Å². The van der Waals surface area contributed by atoms with Crippen LogP contribution in [0.3, 0.4) is 0 Å². The molecule has 0 bridgehead atoms. The topological polar surface area (TPSA) is 74.6 Å². The van der Waals surface area contributed by atoms with Crippen LogP contribution in [0.4, 0.5) is 0 Å². The summed E-state index contributed by atoms with van der Waals surface area (Å²) < 4.78 is 0. The van der Waals surface area contributed by atoms with Gasteiger partial charge in [0.2, 0.25) is 0 Å². The zero-order valence-electron chi connectivity index (χ0n) is 10.3. The monoisotopic (exact) mass is 228 g/mol. The van der Waals surface area contributed by atoms with Crippen LogP contribution in [0, 0.1) is 22.7 Å². The second-order valence-electron chi connectivity index (χ2n) is 5.64. The summed E-state index contributed by atoms with van der Waals surface area (Å²) in [6.07, 6.45) is 0.846. The fourth-order valence-electron chi connectivity index (χ4n) is 2.79. The summed E-state index contributed by atoms with van der Waals surface area (Å²) >= 11 is 0. The highest BCUT2D eigenvalue weighted by Crippen LogP contribution is 2.54. The molecule has 0 radical (unpaired) electrons. The van der Waals surface area contributed by atoms with Gasteiger partial charge >= 0.3 is 11.9 Å².